The Morgan fingerprint density at radius 2 is 1.95 bits per heavy atom. The second-order valence-electron chi connectivity index (χ2n) is 4.30. The molecule has 1 unspecified atom stereocenters. The minimum absolute atomic E-state index is 0.0507. The highest BCUT2D eigenvalue weighted by atomic mass is 16.5. The highest BCUT2D eigenvalue weighted by Gasteiger charge is 2.14. The molecule has 1 aromatic carbocycles. The van der Waals surface area contributed by atoms with E-state index < -0.39 is 5.97 Å². The maximum absolute atomic E-state index is 11.8. The van der Waals surface area contributed by atoms with Crippen LogP contribution in [-0.4, -0.2) is 30.1 Å². The highest BCUT2D eigenvalue weighted by Crippen LogP contribution is 2.11. The van der Waals surface area contributed by atoms with Crippen LogP contribution in [0.5, 0.6) is 5.75 Å². The Bertz CT molecular complexity index is 428. The Labute approximate surface area is 112 Å². The first-order valence-corrected chi connectivity index (χ1v) is 6.19. The van der Waals surface area contributed by atoms with E-state index in [1.54, 1.807) is 19.2 Å². The zero-order valence-electron chi connectivity index (χ0n) is 11.2. The molecule has 0 bridgehead atoms. The Balaban J connectivity index is 2.51. The third-order valence-electron chi connectivity index (χ3n) is 2.80. The molecule has 0 aromatic heterocycles. The van der Waals surface area contributed by atoms with Gasteiger partial charge in [-0.15, -0.1) is 0 Å². The Morgan fingerprint density at radius 3 is 2.42 bits per heavy atom. The van der Waals surface area contributed by atoms with Gasteiger partial charge >= 0.3 is 5.97 Å². The summed E-state index contributed by atoms with van der Waals surface area (Å²) in [6.45, 7) is 1.85. The van der Waals surface area contributed by atoms with Gasteiger partial charge < -0.3 is 15.2 Å². The number of hydrogen-bond donors (Lipinski definition) is 2. The van der Waals surface area contributed by atoms with Crippen LogP contribution in [-0.2, 0) is 16.0 Å². The second kappa shape index (κ2) is 7.41. The van der Waals surface area contributed by atoms with E-state index in [1.165, 1.54) is 0 Å². The van der Waals surface area contributed by atoms with Gasteiger partial charge in [-0.2, -0.15) is 0 Å². The van der Waals surface area contributed by atoms with Gasteiger partial charge in [0.2, 0.25) is 5.91 Å². The van der Waals surface area contributed by atoms with E-state index >= 15 is 0 Å². The van der Waals surface area contributed by atoms with Crippen molar-refractivity contribution in [2.24, 2.45) is 0 Å². The molecule has 5 nitrogen and oxygen atoms in total. The molecule has 0 aliphatic rings. The zero-order valence-corrected chi connectivity index (χ0v) is 11.2. The molecule has 0 radical (unpaired) electrons. The van der Waals surface area contributed by atoms with E-state index in [0.717, 1.165) is 11.3 Å². The van der Waals surface area contributed by atoms with Gasteiger partial charge in [-0.25, -0.2) is 0 Å². The molecule has 0 heterocycles. The first kappa shape index (κ1) is 15.0. The van der Waals surface area contributed by atoms with Crippen molar-refractivity contribution in [3.63, 3.8) is 0 Å². The van der Waals surface area contributed by atoms with Crippen LogP contribution < -0.4 is 10.1 Å². The second-order valence-corrected chi connectivity index (χ2v) is 4.30. The Kier molecular flexibility index (Phi) is 5.85. The molecule has 0 aliphatic heterocycles. The van der Waals surface area contributed by atoms with Crippen LogP contribution in [0.2, 0.25) is 0 Å². The zero-order chi connectivity index (χ0) is 14.3. The predicted octanol–water partition coefficient (Wildman–Crippen LogP) is 1.61. The molecule has 0 saturated heterocycles. The minimum atomic E-state index is -0.906. The van der Waals surface area contributed by atoms with E-state index in [2.05, 4.69) is 5.32 Å². The van der Waals surface area contributed by atoms with Gasteiger partial charge in [0.15, 0.2) is 0 Å². The lowest BCUT2D eigenvalue weighted by Crippen LogP contribution is -2.36. The summed E-state index contributed by atoms with van der Waals surface area (Å²) in [5, 5.41) is 11.4. The minimum Gasteiger partial charge on any atom is -0.497 e. The topological polar surface area (TPSA) is 75.6 Å². The van der Waals surface area contributed by atoms with Crippen LogP contribution in [0.15, 0.2) is 24.3 Å². The van der Waals surface area contributed by atoms with Crippen molar-refractivity contribution in [2.45, 2.75) is 32.2 Å². The summed E-state index contributed by atoms with van der Waals surface area (Å²) in [6.07, 6.45) is 0.783. The van der Waals surface area contributed by atoms with Crippen molar-refractivity contribution in [2.75, 3.05) is 7.11 Å². The first-order chi connectivity index (χ1) is 9.05. The monoisotopic (exact) mass is 265 g/mol. The maximum Gasteiger partial charge on any atom is 0.305 e. The molecular formula is C14H19NO4. The molecule has 0 aliphatic carbocycles. The Morgan fingerprint density at radius 1 is 1.32 bits per heavy atom. The molecule has 0 spiro atoms. The summed E-state index contributed by atoms with van der Waals surface area (Å²) in [4.78, 5) is 22.4. The van der Waals surface area contributed by atoms with Crippen LogP contribution in [0.1, 0.15) is 25.3 Å². The number of carboxylic acid groups (broad SMARTS) is 1. The van der Waals surface area contributed by atoms with E-state index in [4.69, 9.17) is 9.84 Å². The van der Waals surface area contributed by atoms with Crippen molar-refractivity contribution < 1.29 is 19.4 Å². The summed E-state index contributed by atoms with van der Waals surface area (Å²) >= 11 is 0. The summed E-state index contributed by atoms with van der Waals surface area (Å²) in [7, 11) is 1.58. The largest absolute Gasteiger partial charge is 0.497 e. The SMILES string of the molecule is CCC(CC(=O)O)NC(=O)Cc1ccc(OC)cc1. The number of benzene rings is 1. The van der Waals surface area contributed by atoms with Crippen LogP contribution in [0.3, 0.4) is 0 Å². The number of carboxylic acids is 1. The molecule has 104 valence electrons. The lowest BCUT2D eigenvalue weighted by atomic mass is 10.1. The standard InChI is InChI=1S/C14H19NO4/c1-3-11(9-14(17)18)15-13(16)8-10-4-6-12(19-2)7-5-10/h4-7,11H,3,8-9H2,1-2H3,(H,15,16)(H,17,18). The van der Waals surface area contributed by atoms with Crippen LogP contribution in [0.25, 0.3) is 0 Å². The number of aliphatic carboxylic acids is 1. The van der Waals surface area contributed by atoms with Crippen molar-refractivity contribution in [3.8, 4) is 5.75 Å². The molecule has 0 fully saturated rings. The van der Waals surface area contributed by atoms with Gasteiger partial charge in [0, 0.05) is 6.04 Å². The van der Waals surface area contributed by atoms with Crippen LogP contribution in [0, 0.1) is 0 Å². The molecule has 2 N–H and O–H groups in total. The first-order valence-electron chi connectivity index (χ1n) is 6.19. The van der Waals surface area contributed by atoms with Crippen molar-refractivity contribution in [1.82, 2.24) is 5.32 Å². The summed E-state index contributed by atoms with van der Waals surface area (Å²) in [5.74, 6) is -0.337. The van der Waals surface area contributed by atoms with E-state index in [0.29, 0.717) is 6.42 Å². The number of hydrogen-bond acceptors (Lipinski definition) is 3. The summed E-state index contributed by atoms with van der Waals surface area (Å²) in [6, 6.07) is 6.89. The van der Waals surface area contributed by atoms with Crippen molar-refractivity contribution in [3.05, 3.63) is 29.8 Å². The maximum atomic E-state index is 11.8. The number of rotatable bonds is 7. The fourth-order valence-corrected chi connectivity index (χ4v) is 1.72. The fraction of sp³-hybridized carbons (Fsp3) is 0.429. The van der Waals surface area contributed by atoms with Crippen LogP contribution >= 0.6 is 0 Å². The normalized spacial score (nSPS) is 11.7. The van der Waals surface area contributed by atoms with E-state index in [-0.39, 0.29) is 24.8 Å². The number of amides is 1. The van der Waals surface area contributed by atoms with Gasteiger partial charge in [-0.1, -0.05) is 19.1 Å². The smallest absolute Gasteiger partial charge is 0.305 e. The van der Waals surface area contributed by atoms with Gasteiger partial charge in [0.1, 0.15) is 5.75 Å². The third kappa shape index (κ3) is 5.42. The predicted molar refractivity (Wildman–Crippen MR) is 71.2 cm³/mol. The fourth-order valence-electron chi connectivity index (χ4n) is 1.72. The molecule has 1 aromatic rings. The summed E-state index contributed by atoms with van der Waals surface area (Å²) < 4.78 is 5.03. The van der Waals surface area contributed by atoms with Crippen molar-refractivity contribution in [1.29, 1.82) is 0 Å². The van der Waals surface area contributed by atoms with Gasteiger partial charge in [-0.05, 0) is 24.1 Å². The lowest BCUT2D eigenvalue weighted by molar-refractivity contribution is -0.137. The average Bonchev–Trinajstić information content (AvgIpc) is 2.38. The molecule has 1 atom stereocenters. The molecule has 1 amide bonds. The van der Waals surface area contributed by atoms with Gasteiger partial charge in [0.25, 0.3) is 0 Å². The third-order valence-corrected chi connectivity index (χ3v) is 2.80. The highest BCUT2D eigenvalue weighted by molar-refractivity contribution is 5.79. The van der Waals surface area contributed by atoms with Crippen LogP contribution in [0.4, 0.5) is 0 Å². The van der Waals surface area contributed by atoms with E-state index in [1.807, 2.05) is 19.1 Å². The molecular weight excluding hydrogens is 246 g/mol. The van der Waals surface area contributed by atoms with E-state index in [9.17, 15) is 9.59 Å². The lowest BCUT2D eigenvalue weighted by Gasteiger charge is -2.14. The molecule has 5 heteroatoms. The summed E-state index contributed by atoms with van der Waals surface area (Å²) in [5.41, 5.74) is 0.864. The number of carbonyl (C=O) groups is 2. The number of methoxy groups -OCH3 is 1. The van der Waals surface area contributed by atoms with Gasteiger partial charge in [0.05, 0.1) is 20.0 Å². The average molecular weight is 265 g/mol. The molecule has 1 rings (SSSR count). The number of nitrogens with one attached hydrogen (secondary N) is 1. The quantitative estimate of drug-likeness (QED) is 0.785. The Hall–Kier alpha value is -2.04. The molecule has 0 saturated carbocycles. The van der Waals surface area contributed by atoms with Gasteiger partial charge in [-0.3, -0.25) is 9.59 Å². The molecule has 19 heavy (non-hydrogen) atoms. The van der Waals surface area contributed by atoms with Crippen molar-refractivity contribution >= 4 is 11.9 Å². The number of ether oxygens (including phenoxy) is 1. The number of carbonyl (C=O) groups excluding carboxylic acids is 1.